The number of hydrogen-bond acceptors (Lipinski definition) is 4. The Morgan fingerprint density at radius 2 is 1.89 bits per heavy atom. The fourth-order valence-electron chi connectivity index (χ4n) is 1.67. The maximum absolute atomic E-state index is 11.5. The van der Waals surface area contributed by atoms with Crippen molar-refractivity contribution < 1.29 is 9.59 Å². The van der Waals surface area contributed by atoms with Crippen molar-refractivity contribution in [1.82, 2.24) is 10.3 Å². The summed E-state index contributed by atoms with van der Waals surface area (Å²) in [6.45, 7) is 0.450. The summed E-state index contributed by atoms with van der Waals surface area (Å²) in [4.78, 5) is 27.3. The van der Waals surface area contributed by atoms with Crippen molar-refractivity contribution in [3.05, 3.63) is 11.1 Å². The number of aromatic nitrogens is 1. The summed E-state index contributed by atoms with van der Waals surface area (Å²) in [6, 6.07) is 0. The molecule has 18 heavy (non-hydrogen) atoms. The van der Waals surface area contributed by atoms with Gasteiger partial charge in [0.05, 0.1) is 12.2 Å². The summed E-state index contributed by atoms with van der Waals surface area (Å²) < 4.78 is 0. The Morgan fingerprint density at radius 3 is 2.56 bits per heavy atom. The summed E-state index contributed by atoms with van der Waals surface area (Å²) in [5.74, 6) is 0.592. The van der Waals surface area contributed by atoms with Gasteiger partial charge in [-0.15, -0.1) is 11.3 Å². The number of hydrogen-bond donors (Lipinski definition) is 2. The third kappa shape index (κ3) is 2.87. The second-order valence-corrected chi connectivity index (χ2v) is 5.76. The minimum absolute atomic E-state index is 0.0675. The van der Waals surface area contributed by atoms with Crippen LogP contribution in [0.4, 0.5) is 5.13 Å². The molecule has 1 heterocycles. The molecule has 0 atom stereocenters. The molecular formula is C12H15N3O2S. The van der Waals surface area contributed by atoms with E-state index in [4.69, 9.17) is 0 Å². The number of nitrogens with zero attached hydrogens (tertiary/aromatic N) is 1. The van der Waals surface area contributed by atoms with Crippen LogP contribution >= 0.6 is 11.3 Å². The average Bonchev–Trinajstić information content (AvgIpc) is 3.24. The first-order valence-corrected chi connectivity index (χ1v) is 7.13. The number of amides is 2. The lowest BCUT2D eigenvalue weighted by atomic mass is 10.4. The minimum Gasteiger partial charge on any atom is -0.350 e. The van der Waals surface area contributed by atoms with Gasteiger partial charge in [-0.3, -0.25) is 9.59 Å². The van der Waals surface area contributed by atoms with Crippen LogP contribution in [-0.2, 0) is 16.1 Å². The van der Waals surface area contributed by atoms with Crippen LogP contribution in [0.1, 0.15) is 31.4 Å². The summed E-state index contributed by atoms with van der Waals surface area (Å²) in [5, 5.41) is 8.16. The summed E-state index contributed by atoms with van der Waals surface area (Å²) >= 11 is 1.40. The monoisotopic (exact) mass is 265 g/mol. The van der Waals surface area contributed by atoms with Crippen molar-refractivity contribution in [2.24, 2.45) is 11.8 Å². The Morgan fingerprint density at radius 1 is 1.22 bits per heavy atom. The maximum Gasteiger partial charge on any atom is 0.229 e. The van der Waals surface area contributed by atoms with E-state index in [0.29, 0.717) is 11.7 Å². The van der Waals surface area contributed by atoms with Crippen molar-refractivity contribution in [1.29, 1.82) is 0 Å². The molecule has 0 aromatic carbocycles. The Balaban J connectivity index is 1.49. The molecule has 0 spiro atoms. The highest BCUT2D eigenvalue weighted by Gasteiger charge is 2.30. The summed E-state index contributed by atoms with van der Waals surface area (Å²) in [5.41, 5.74) is 0.806. The van der Waals surface area contributed by atoms with E-state index in [1.165, 1.54) is 11.3 Å². The topological polar surface area (TPSA) is 71.1 Å². The molecule has 6 heteroatoms. The smallest absolute Gasteiger partial charge is 0.229 e. The number of anilines is 1. The zero-order valence-electron chi connectivity index (χ0n) is 9.94. The second-order valence-electron chi connectivity index (χ2n) is 4.90. The van der Waals surface area contributed by atoms with Crippen LogP contribution in [-0.4, -0.2) is 16.8 Å². The molecule has 2 saturated carbocycles. The number of thiazole rings is 1. The van der Waals surface area contributed by atoms with Gasteiger partial charge in [0, 0.05) is 17.2 Å². The summed E-state index contributed by atoms with van der Waals surface area (Å²) in [7, 11) is 0. The first-order chi connectivity index (χ1) is 8.72. The fraction of sp³-hybridized carbons (Fsp3) is 0.583. The fourth-order valence-corrected chi connectivity index (χ4v) is 2.38. The minimum atomic E-state index is 0.0675. The standard InChI is InChI=1S/C12H15N3O2S/c16-10(7-1-2-7)13-5-9-6-18-12(14-9)15-11(17)8-3-4-8/h6-8H,1-5H2,(H,13,16)(H,14,15,17). The molecular weight excluding hydrogens is 250 g/mol. The zero-order valence-corrected chi connectivity index (χ0v) is 10.8. The van der Waals surface area contributed by atoms with Crippen molar-refractivity contribution in [3.63, 3.8) is 0 Å². The molecule has 1 aromatic heterocycles. The lowest BCUT2D eigenvalue weighted by Gasteiger charge is -2.01. The number of carbonyl (C=O) groups is 2. The third-order valence-corrected chi connectivity index (χ3v) is 3.93. The van der Waals surface area contributed by atoms with Gasteiger partial charge < -0.3 is 10.6 Å². The lowest BCUT2D eigenvalue weighted by Crippen LogP contribution is -2.24. The summed E-state index contributed by atoms with van der Waals surface area (Å²) in [6.07, 6.45) is 3.99. The van der Waals surface area contributed by atoms with Crippen molar-refractivity contribution >= 4 is 28.3 Å². The van der Waals surface area contributed by atoms with Gasteiger partial charge in [-0.1, -0.05) is 0 Å². The Bertz CT molecular complexity index is 477. The molecule has 3 rings (SSSR count). The van der Waals surface area contributed by atoms with Gasteiger partial charge in [0.2, 0.25) is 11.8 Å². The first-order valence-electron chi connectivity index (χ1n) is 6.25. The van der Waals surface area contributed by atoms with E-state index < -0.39 is 0 Å². The molecule has 5 nitrogen and oxygen atoms in total. The van der Waals surface area contributed by atoms with E-state index >= 15 is 0 Å². The van der Waals surface area contributed by atoms with E-state index in [9.17, 15) is 9.59 Å². The molecule has 0 aliphatic heterocycles. The average molecular weight is 265 g/mol. The molecule has 2 N–H and O–H groups in total. The third-order valence-electron chi connectivity index (χ3n) is 3.12. The molecule has 0 radical (unpaired) electrons. The molecule has 1 aromatic rings. The van der Waals surface area contributed by atoms with Crippen molar-refractivity contribution in [2.45, 2.75) is 32.2 Å². The van der Waals surface area contributed by atoms with Crippen molar-refractivity contribution in [2.75, 3.05) is 5.32 Å². The van der Waals surface area contributed by atoms with Gasteiger partial charge in [-0.25, -0.2) is 4.98 Å². The van der Waals surface area contributed by atoms with E-state index in [0.717, 1.165) is 31.4 Å². The normalized spacial score (nSPS) is 18.4. The van der Waals surface area contributed by atoms with Gasteiger partial charge in [0.25, 0.3) is 0 Å². The predicted octanol–water partition coefficient (Wildman–Crippen LogP) is 1.52. The van der Waals surface area contributed by atoms with Crippen LogP contribution in [0.25, 0.3) is 0 Å². The molecule has 96 valence electrons. The highest BCUT2D eigenvalue weighted by atomic mass is 32.1. The highest BCUT2D eigenvalue weighted by Crippen LogP contribution is 2.31. The van der Waals surface area contributed by atoms with E-state index in [-0.39, 0.29) is 23.7 Å². The maximum atomic E-state index is 11.5. The number of nitrogens with one attached hydrogen (secondary N) is 2. The van der Waals surface area contributed by atoms with Gasteiger partial charge in [-0.2, -0.15) is 0 Å². The second kappa shape index (κ2) is 4.68. The molecule has 0 saturated heterocycles. The first kappa shape index (κ1) is 11.6. The van der Waals surface area contributed by atoms with Gasteiger partial charge in [0.15, 0.2) is 5.13 Å². The van der Waals surface area contributed by atoms with E-state index in [2.05, 4.69) is 15.6 Å². The largest absolute Gasteiger partial charge is 0.350 e. The molecule has 2 aliphatic rings. The Labute approximate surface area is 109 Å². The zero-order chi connectivity index (χ0) is 12.5. The SMILES string of the molecule is O=C(NCc1csc(NC(=O)C2CC2)n1)C1CC1. The molecule has 2 amide bonds. The molecule has 0 unspecified atom stereocenters. The van der Waals surface area contributed by atoms with Crippen molar-refractivity contribution in [3.8, 4) is 0 Å². The van der Waals surface area contributed by atoms with E-state index in [1.807, 2.05) is 5.38 Å². The van der Waals surface area contributed by atoms with Crippen LogP contribution < -0.4 is 10.6 Å². The highest BCUT2D eigenvalue weighted by molar-refractivity contribution is 7.13. The molecule has 2 fully saturated rings. The predicted molar refractivity (Wildman–Crippen MR) is 68.0 cm³/mol. The molecule has 0 bridgehead atoms. The quantitative estimate of drug-likeness (QED) is 0.848. The number of carbonyl (C=O) groups excluding carboxylic acids is 2. The van der Waals surface area contributed by atoms with Gasteiger partial charge in [0.1, 0.15) is 0 Å². The number of rotatable bonds is 5. The van der Waals surface area contributed by atoms with Crippen LogP contribution in [0, 0.1) is 11.8 Å². The van der Waals surface area contributed by atoms with E-state index in [1.54, 1.807) is 0 Å². The lowest BCUT2D eigenvalue weighted by molar-refractivity contribution is -0.122. The van der Waals surface area contributed by atoms with Gasteiger partial charge >= 0.3 is 0 Å². The Kier molecular flexibility index (Phi) is 3.03. The van der Waals surface area contributed by atoms with Crippen LogP contribution in [0.5, 0.6) is 0 Å². The van der Waals surface area contributed by atoms with Crippen LogP contribution in [0.15, 0.2) is 5.38 Å². The van der Waals surface area contributed by atoms with Crippen LogP contribution in [0.3, 0.4) is 0 Å². The molecule has 2 aliphatic carbocycles. The van der Waals surface area contributed by atoms with Gasteiger partial charge in [-0.05, 0) is 25.7 Å². The van der Waals surface area contributed by atoms with Crippen LogP contribution in [0.2, 0.25) is 0 Å². The Hall–Kier alpha value is -1.43.